The second-order valence-corrected chi connectivity index (χ2v) is 5.84. The summed E-state index contributed by atoms with van der Waals surface area (Å²) in [5.74, 6) is 0.397. The molecule has 3 rings (SSSR count). The summed E-state index contributed by atoms with van der Waals surface area (Å²) < 4.78 is 12.9. The SMILES string of the molecule is O=C(c1ccccc1)N1CCN=C1SCc1ccc(F)cc1. The topological polar surface area (TPSA) is 32.7 Å². The number of carbonyl (C=O) groups excluding carboxylic acids is 1. The summed E-state index contributed by atoms with van der Waals surface area (Å²) >= 11 is 1.51. The fourth-order valence-corrected chi connectivity index (χ4v) is 3.20. The predicted molar refractivity (Wildman–Crippen MR) is 87.5 cm³/mol. The Hall–Kier alpha value is -2.14. The highest BCUT2D eigenvalue weighted by molar-refractivity contribution is 8.13. The first-order valence-electron chi connectivity index (χ1n) is 7.02. The normalized spacial score (nSPS) is 14.0. The van der Waals surface area contributed by atoms with Crippen LogP contribution in [0.25, 0.3) is 0 Å². The van der Waals surface area contributed by atoms with Crippen LogP contribution in [0.15, 0.2) is 59.6 Å². The monoisotopic (exact) mass is 314 g/mol. The summed E-state index contributed by atoms with van der Waals surface area (Å²) in [5.41, 5.74) is 1.67. The van der Waals surface area contributed by atoms with Crippen LogP contribution in [0.2, 0.25) is 0 Å². The molecule has 0 aliphatic carbocycles. The summed E-state index contributed by atoms with van der Waals surface area (Å²) in [6.07, 6.45) is 0. The second-order valence-electron chi connectivity index (χ2n) is 4.90. The molecular formula is C17H15FN2OS. The van der Waals surface area contributed by atoms with Crippen LogP contribution in [0.3, 0.4) is 0 Å². The fourth-order valence-electron chi connectivity index (χ4n) is 2.20. The van der Waals surface area contributed by atoms with Crippen LogP contribution in [0.1, 0.15) is 15.9 Å². The lowest BCUT2D eigenvalue weighted by Gasteiger charge is -2.17. The Labute approximate surface area is 132 Å². The highest BCUT2D eigenvalue weighted by Gasteiger charge is 2.24. The molecule has 0 saturated carbocycles. The van der Waals surface area contributed by atoms with Gasteiger partial charge in [-0.2, -0.15) is 0 Å². The first-order chi connectivity index (χ1) is 10.7. The van der Waals surface area contributed by atoms with E-state index in [4.69, 9.17) is 0 Å². The van der Waals surface area contributed by atoms with Gasteiger partial charge in [-0.3, -0.25) is 14.7 Å². The van der Waals surface area contributed by atoms with Crippen molar-refractivity contribution in [2.75, 3.05) is 13.1 Å². The molecule has 1 heterocycles. The van der Waals surface area contributed by atoms with E-state index in [-0.39, 0.29) is 11.7 Å². The lowest BCUT2D eigenvalue weighted by atomic mass is 10.2. The van der Waals surface area contributed by atoms with Crippen molar-refractivity contribution in [3.8, 4) is 0 Å². The van der Waals surface area contributed by atoms with E-state index in [1.807, 2.05) is 30.3 Å². The average Bonchev–Trinajstić information content (AvgIpc) is 3.03. The molecule has 22 heavy (non-hydrogen) atoms. The molecule has 0 N–H and O–H groups in total. The van der Waals surface area contributed by atoms with Crippen LogP contribution in [0, 0.1) is 5.82 Å². The van der Waals surface area contributed by atoms with Crippen molar-refractivity contribution in [1.82, 2.24) is 4.90 Å². The molecule has 0 unspecified atom stereocenters. The van der Waals surface area contributed by atoms with Crippen LogP contribution in [0.4, 0.5) is 4.39 Å². The molecule has 3 nitrogen and oxygen atoms in total. The molecule has 0 spiro atoms. The molecule has 0 bridgehead atoms. The van der Waals surface area contributed by atoms with Gasteiger partial charge in [-0.1, -0.05) is 42.1 Å². The third kappa shape index (κ3) is 3.36. The van der Waals surface area contributed by atoms with Gasteiger partial charge in [0.15, 0.2) is 5.17 Å². The van der Waals surface area contributed by atoms with Gasteiger partial charge in [-0.05, 0) is 29.8 Å². The van der Waals surface area contributed by atoms with Crippen molar-refractivity contribution in [2.45, 2.75) is 5.75 Å². The molecule has 2 aromatic carbocycles. The number of amidine groups is 1. The summed E-state index contributed by atoms with van der Waals surface area (Å²) in [5, 5.41) is 0.734. The number of amides is 1. The second kappa shape index (κ2) is 6.75. The van der Waals surface area contributed by atoms with E-state index in [9.17, 15) is 9.18 Å². The molecule has 0 radical (unpaired) electrons. The molecule has 5 heteroatoms. The van der Waals surface area contributed by atoms with Gasteiger partial charge < -0.3 is 0 Å². The zero-order valence-corrected chi connectivity index (χ0v) is 12.7. The van der Waals surface area contributed by atoms with Crippen molar-refractivity contribution in [2.24, 2.45) is 4.99 Å². The summed E-state index contributed by atoms with van der Waals surface area (Å²) in [6.45, 7) is 1.24. The van der Waals surface area contributed by atoms with Crippen LogP contribution < -0.4 is 0 Å². The van der Waals surface area contributed by atoms with Gasteiger partial charge in [0.2, 0.25) is 0 Å². The van der Waals surface area contributed by atoms with E-state index in [1.54, 1.807) is 17.0 Å². The quantitative estimate of drug-likeness (QED) is 0.867. The van der Waals surface area contributed by atoms with E-state index in [1.165, 1.54) is 23.9 Å². The van der Waals surface area contributed by atoms with Gasteiger partial charge >= 0.3 is 0 Å². The first-order valence-corrected chi connectivity index (χ1v) is 8.01. The van der Waals surface area contributed by atoms with E-state index >= 15 is 0 Å². The fraction of sp³-hybridized carbons (Fsp3) is 0.176. The minimum atomic E-state index is -0.243. The van der Waals surface area contributed by atoms with Gasteiger partial charge in [0.25, 0.3) is 5.91 Å². The van der Waals surface area contributed by atoms with Crippen molar-refractivity contribution >= 4 is 22.8 Å². The van der Waals surface area contributed by atoms with Crippen LogP contribution in [-0.2, 0) is 5.75 Å². The summed E-state index contributed by atoms with van der Waals surface area (Å²) in [6, 6.07) is 15.6. The standard InChI is InChI=1S/C17H15FN2OS/c18-15-8-6-13(7-9-15)12-22-17-19-10-11-20(17)16(21)14-4-2-1-3-5-14/h1-9H,10-12H2. The Morgan fingerprint density at radius 2 is 1.86 bits per heavy atom. The highest BCUT2D eigenvalue weighted by atomic mass is 32.2. The molecule has 0 aromatic heterocycles. The van der Waals surface area contributed by atoms with Crippen LogP contribution in [0.5, 0.6) is 0 Å². The Morgan fingerprint density at radius 3 is 2.59 bits per heavy atom. The molecular weight excluding hydrogens is 299 g/mol. The number of hydrogen-bond donors (Lipinski definition) is 0. The van der Waals surface area contributed by atoms with Gasteiger partial charge in [-0.25, -0.2) is 4.39 Å². The maximum atomic E-state index is 12.9. The minimum absolute atomic E-state index is 0.0246. The zero-order chi connectivity index (χ0) is 15.4. The smallest absolute Gasteiger partial charge is 0.259 e. The average molecular weight is 314 g/mol. The van der Waals surface area contributed by atoms with E-state index in [2.05, 4.69) is 4.99 Å². The lowest BCUT2D eigenvalue weighted by molar-refractivity contribution is 0.0860. The highest BCUT2D eigenvalue weighted by Crippen LogP contribution is 2.21. The number of benzene rings is 2. The van der Waals surface area contributed by atoms with Crippen LogP contribution in [-0.4, -0.2) is 29.1 Å². The maximum absolute atomic E-state index is 12.9. The molecule has 1 aliphatic heterocycles. The van der Waals surface area contributed by atoms with Crippen molar-refractivity contribution in [1.29, 1.82) is 0 Å². The first kappa shape index (κ1) is 14.8. The van der Waals surface area contributed by atoms with Crippen molar-refractivity contribution < 1.29 is 9.18 Å². The number of aliphatic imine (C=N–C) groups is 1. The molecule has 0 fully saturated rings. The van der Waals surface area contributed by atoms with E-state index in [0.717, 1.165) is 10.7 Å². The number of halogens is 1. The Morgan fingerprint density at radius 1 is 1.14 bits per heavy atom. The largest absolute Gasteiger partial charge is 0.286 e. The molecule has 112 valence electrons. The minimum Gasteiger partial charge on any atom is -0.286 e. The summed E-state index contributed by atoms with van der Waals surface area (Å²) in [4.78, 5) is 18.6. The number of nitrogens with zero attached hydrogens (tertiary/aromatic N) is 2. The Balaban J connectivity index is 1.66. The molecule has 2 aromatic rings. The van der Waals surface area contributed by atoms with Crippen molar-refractivity contribution in [3.63, 3.8) is 0 Å². The Kier molecular flexibility index (Phi) is 4.53. The Bertz CT molecular complexity index is 686. The van der Waals surface area contributed by atoms with Gasteiger partial charge in [0.1, 0.15) is 5.82 Å². The molecule has 0 atom stereocenters. The molecule has 0 saturated heterocycles. The van der Waals surface area contributed by atoms with Gasteiger partial charge in [0.05, 0.1) is 6.54 Å². The number of thioether (sulfide) groups is 1. The maximum Gasteiger partial charge on any atom is 0.259 e. The third-order valence-electron chi connectivity index (χ3n) is 3.35. The van der Waals surface area contributed by atoms with Crippen molar-refractivity contribution in [3.05, 3.63) is 71.5 Å². The van der Waals surface area contributed by atoms with Crippen LogP contribution >= 0.6 is 11.8 Å². The lowest BCUT2D eigenvalue weighted by Crippen LogP contribution is -2.32. The predicted octanol–water partition coefficient (Wildman–Crippen LogP) is 3.57. The number of hydrogen-bond acceptors (Lipinski definition) is 3. The summed E-state index contributed by atoms with van der Waals surface area (Å²) in [7, 11) is 0. The molecule has 1 amide bonds. The zero-order valence-electron chi connectivity index (χ0n) is 11.9. The van der Waals surface area contributed by atoms with Gasteiger partial charge in [-0.15, -0.1) is 0 Å². The number of carbonyl (C=O) groups is 1. The van der Waals surface area contributed by atoms with E-state index in [0.29, 0.717) is 24.4 Å². The molecule has 1 aliphatic rings. The number of rotatable bonds is 3. The van der Waals surface area contributed by atoms with E-state index < -0.39 is 0 Å². The van der Waals surface area contributed by atoms with Gasteiger partial charge in [0, 0.05) is 17.9 Å². The third-order valence-corrected chi connectivity index (χ3v) is 4.43.